The van der Waals surface area contributed by atoms with E-state index in [2.05, 4.69) is 16.0 Å². The molecule has 1 aromatic heterocycles. The fourth-order valence-electron chi connectivity index (χ4n) is 3.04. The van der Waals surface area contributed by atoms with Crippen molar-refractivity contribution in [3.63, 3.8) is 0 Å². The van der Waals surface area contributed by atoms with Crippen molar-refractivity contribution < 1.29 is 9.53 Å². The Hall–Kier alpha value is -3.34. The molecule has 1 fully saturated rings. The highest BCUT2D eigenvalue weighted by Gasteiger charge is 2.31. The Bertz CT molecular complexity index is 947. The van der Waals surface area contributed by atoms with Gasteiger partial charge in [0, 0.05) is 37.2 Å². The van der Waals surface area contributed by atoms with Crippen LogP contribution in [0, 0.1) is 11.3 Å². The molecule has 1 aliphatic rings. The van der Waals surface area contributed by atoms with Gasteiger partial charge in [0.15, 0.2) is 0 Å². The van der Waals surface area contributed by atoms with E-state index in [1.54, 1.807) is 24.1 Å². The van der Waals surface area contributed by atoms with E-state index in [-0.39, 0.29) is 23.7 Å². The summed E-state index contributed by atoms with van der Waals surface area (Å²) < 4.78 is 5.66. The Balaban J connectivity index is 1.74. The van der Waals surface area contributed by atoms with Gasteiger partial charge in [-0.3, -0.25) is 0 Å². The van der Waals surface area contributed by atoms with Crippen molar-refractivity contribution in [1.82, 2.24) is 14.9 Å². The van der Waals surface area contributed by atoms with Crippen LogP contribution >= 0.6 is 0 Å². The summed E-state index contributed by atoms with van der Waals surface area (Å²) in [7, 11) is 1.74. The lowest BCUT2D eigenvalue weighted by Gasteiger charge is -2.32. The normalized spacial score (nSPS) is 16.4. The number of carbonyl (C=O) groups excluding carboxylic acids is 1. The Morgan fingerprint density at radius 1 is 1.34 bits per heavy atom. The van der Waals surface area contributed by atoms with Crippen molar-refractivity contribution in [3.05, 3.63) is 35.9 Å². The van der Waals surface area contributed by atoms with Crippen LogP contribution < -0.4 is 10.6 Å². The molecular formula is C21H26N6O2. The van der Waals surface area contributed by atoms with E-state index in [1.165, 1.54) is 0 Å². The predicted octanol–water partition coefficient (Wildman–Crippen LogP) is 3.04. The Kier molecular flexibility index (Phi) is 5.59. The first kappa shape index (κ1) is 20.4. The highest BCUT2D eigenvalue weighted by molar-refractivity contribution is 5.69. The zero-order valence-corrected chi connectivity index (χ0v) is 17.2. The molecule has 0 bridgehead atoms. The smallest absolute Gasteiger partial charge is 0.410 e. The molecule has 1 unspecified atom stereocenters. The van der Waals surface area contributed by atoms with Gasteiger partial charge in [-0.1, -0.05) is 12.1 Å². The lowest BCUT2D eigenvalue weighted by Crippen LogP contribution is -2.44. The lowest BCUT2D eigenvalue weighted by molar-refractivity contribution is 0.0545. The average Bonchev–Trinajstić information content (AvgIpc) is 3.14. The molecule has 0 spiro atoms. The summed E-state index contributed by atoms with van der Waals surface area (Å²) in [6, 6.07) is 11.2. The molecule has 8 heteroatoms. The molecule has 0 radical (unpaired) electrons. The van der Waals surface area contributed by atoms with Gasteiger partial charge in [-0.2, -0.15) is 10.2 Å². The maximum absolute atomic E-state index is 12.4. The van der Waals surface area contributed by atoms with Gasteiger partial charge in [-0.05, 0) is 32.9 Å². The van der Waals surface area contributed by atoms with E-state index in [0.717, 1.165) is 5.56 Å². The molecule has 0 aliphatic carbocycles. The van der Waals surface area contributed by atoms with E-state index in [4.69, 9.17) is 15.7 Å². The van der Waals surface area contributed by atoms with Gasteiger partial charge < -0.3 is 20.3 Å². The first-order chi connectivity index (χ1) is 13.7. The number of nitriles is 1. The van der Waals surface area contributed by atoms with Crippen LogP contribution in [0.3, 0.4) is 0 Å². The summed E-state index contributed by atoms with van der Waals surface area (Å²) in [5.74, 6) is 0.838. The molecule has 2 aromatic rings. The Morgan fingerprint density at radius 3 is 2.79 bits per heavy atom. The van der Waals surface area contributed by atoms with Crippen molar-refractivity contribution in [3.8, 4) is 17.3 Å². The van der Waals surface area contributed by atoms with Gasteiger partial charge in [0.2, 0.25) is 5.95 Å². The molecule has 3 rings (SSSR count). The summed E-state index contributed by atoms with van der Waals surface area (Å²) in [6.45, 7) is 7.12. The highest BCUT2D eigenvalue weighted by atomic mass is 16.6. The standard InChI is InChI=1S/C21H26N6O2/c1-21(2,3)26(4)20(28)29-16-8-9-27(13-16)18-11-17(24-19(23)25-18)15-7-5-6-14(10-15)12-22/h5-7,10-11,16H,8-9,13H2,1-4H3,(H2,23,24,25). The predicted molar refractivity (Wildman–Crippen MR) is 111 cm³/mol. The van der Waals surface area contributed by atoms with Crippen LogP contribution in [0.15, 0.2) is 30.3 Å². The van der Waals surface area contributed by atoms with Gasteiger partial charge in [-0.15, -0.1) is 0 Å². The fourth-order valence-corrected chi connectivity index (χ4v) is 3.04. The summed E-state index contributed by atoms with van der Waals surface area (Å²) in [4.78, 5) is 24.6. The van der Waals surface area contributed by atoms with Crippen LogP contribution in [0.2, 0.25) is 0 Å². The number of rotatable bonds is 3. The van der Waals surface area contributed by atoms with Crippen LogP contribution in [0.5, 0.6) is 0 Å². The second-order valence-corrected chi connectivity index (χ2v) is 8.13. The monoisotopic (exact) mass is 394 g/mol. The van der Waals surface area contributed by atoms with Crippen molar-refractivity contribution in [1.29, 1.82) is 5.26 Å². The van der Waals surface area contributed by atoms with Crippen LogP contribution in [-0.4, -0.2) is 52.7 Å². The number of nitrogens with two attached hydrogens (primary N) is 1. The van der Waals surface area contributed by atoms with Gasteiger partial charge in [0.1, 0.15) is 11.9 Å². The maximum atomic E-state index is 12.4. The van der Waals surface area contributed by atoms with Crippen LogP contribution in [-0.2, 0) is 4.74 Å². The van der Waals surface area contributed by atoms with E-state index in [0.29, 0.717) is 36.6 Å². The number of nitrogens with zero attached hydrogens (tertiary/aromatic N) is 5. The number of benzene rings is 1. The summed E-state index contributed by atoms with van der Waals surface area (Å²) in [5.41, 5.74) is 7.63. The van der Waals surface area contributed by atoms with E-state index < -0.39 is 0 Å². The van der Waals surface area contributed by atoms with E-state index in [1.807, 2.05) is 43.9 Å². The summed E-state index contributed by atoms with van der Waals surface area (Å²) in [6.07, 6.45) is 0.168. The first-order valence-corrected chi connectivity index (χ1v) is 9.52. The van der Waals surface area contributed by atoms with Crippen LogP contribution in [0.1, 0.15) is 32.8 Å². The minimum atomic E-state index is -0.333. The third-order valence-electron chi connectivity index (χ3n) is 5.03. The zero-order chi connectivity index (χ0) is 21.2. The minimum Gasteiger partial charge on any atom is -0.444 e. The first-order valence-electron chi connectivity index (χ1n) is 9.52. The van der Waals surface area contributed by atoms with E-state index >= 15 is 0 Å². The highest BCUT2D eigenvalue weighted by Crippen LogP contribution is 2.27. The third kappa shape index (κ3) is 4.74. The molecule has 0 saturated carbocycles. The summed E-state index contributed by atoms with van der Waals surface area (Å²) in [5, 5.41) is 9.12. The number of hydrogen-bond acceptors (Lipinski definition) is 7. The Morgan fingerprint density at radius 2 is 2.10 bits per heavy atom. The number of carbonyl (C=O) groups is 1. The third-order valence-corrected chi connectivity index (χ3v) is 5.03. The average molecular weight is 394 g/mol. The second-order valence-electron chi connectivity index (χ2n) is 8.13. The van der Waals surface area contributed by atoms with Gasteiger partial charge in [0.05, 0.1) is 23.9 Å². The number of nitrogen functional groups attached to an aromatic ring is 1. The van der Waals surface area contributed by atoms with Crippen molar-refractivity contribution in [2.75, 3.05) is 30.8 Å². The van der Waals surface area contributed by atoms with Crippen LogP contribution in [0.4, 0.5) is 16.6 Å². The zero-order valence-electron chi connectivity index (χ0n) is 17.2. The van der Waals surface area contributed by atoms with Gasteiger partial charge in [0.25, 0.3) is 0 Å². The topological polar surface area (TPSA) is 108 Å². The molecule has 1 aliphatic heterocycles. The van der Waals surface area contributed by atoms with Crippen LogP contribution in [0.25, 0.3) is 11.3 Å². The number of hydrogen-bond donors (Lipinski definition) is 1. The molecule has 8 nitrogen and oxygen atoms in total. The molecule has 1 atom stereocenters. The molecule has 152 valence electrons. The molecule has 1 amide bonds. The fraction of sp³-hybridized carbons (Fsp3) is 0.429. The SMILES string of the molecule is CN(C(=O)OC1CCN(c2cc(-c3cccc(C#N)c3)nc(N)n2)C1)C(C)(C)C. The number of ether oxygens (including phenoxy) is 1. The van der Waals surface area contributed by atoms with Crippen molar-refractivity contribution in [2.45, 2.75) is 38.8 Å². The van der Waals surface area contributed by atoms with E-state index in [9.17, 15) is 4.79 Å². The molecule has 2 heterocycles. The molecule has 1 saturated heterocycles. The minimum absolute atomic E-state index is 0.160. The lowest BCUT2D eigenvalue weighted by atomic mass is 10.1. The number of amides is 1. The Labute approximate surface area is 170 Å². The molecule has 29 heavy (non-hydrogen) atoms. The van der Waals surface area contributed by atoms with Gasteiger partial charge >= 0.3 is 6.09 Å². The second kappa shape index (κ2) is 7.95. The number of anilines is 2. The van der Waals surface area contributed by atoms with Crippen molar-refractivity contribution >= 4 is 17.9 Å². The van der Waals surface area contributed by atoms with Gasteiger partial charge in [-0.25, -0.2) is 9.78 Å². The molecule has 2 N–H and O–H groups in total. The quantitative estimate of drug-likeness (QED) is 0.852. The maximum Gasteiger partial charge on any atom is 0.410 e. The molecule has 1 aromatic carbocycles. The molecular weight excluding hydrogens is 368 g/mol. The summed E-state index contributed by atoms with van der Waals surface area (Å²) >= 11 is 0. The van der Waals surface area contributed by atoms with Crippen molar-refractivity contribution in [2.24, 2.45) is 0 Å². The number of aromatic nitrogens is 2. The largest absolute Gasteiger partial charge is 0.444 e.